The zero-order chi connectivity index (χ0) is 16.3. The van der Waals surface area contributed by atoms with E-state index >= 15 is 0 Å². The maximum Gasteiger partial charge on any atom is 0.350 e. The summed E-state index contributed by atoms with van der Waals surface area (Å²) in [5, 5.41) is 3.51. The zero-order valence-corrected chi connectivity index (χ0v) is 14.8. The van der Waals surface area contributed by atoms with Crippen LogP contribution in [0.4, 0.5) is 5.69 Å². The molecule has 1 aromatic carbocycles. The second-order valence-electron chi connectivity index (χ2n) is 4.73. The minimum atomic E-state index is -0.522. The fourth-order valence-electron chi connectivity index (χ4n) is 1.87. The van der Waals surface area contributed by atoms with Gasteiger partial charge in [0.25, 0.3) is 5.91 Å². The Morgan fingerprint density at radius 1 is 1.32 bits per heavy atom. The Kier molecular flexibility index (Phi) is 5.31. The summed E-state index contributed by atoms with van der Waals surface area (Å²) in [6.45, 7) is 5.11. The van der Waals surface area contributed by atoms with Gasteiger partial charge in [-0.3, -0.25) is 4.79 Å². The van der Waals surface area contributed by atoms with Crippen molar-refractivity contribution in [2.24, 2.45) is 0 Å². The van der Waals surface area contributed by atoms with E-state index < -0.39 is 5.97 Å². The van der Waals surface area contributed by atoms with Crippen LogP contribution in [-0.4, -0.2) is 23.5 Å². The van der Waals surface area contributed by atoms with Gasteiger partial charge in [0.05, 0.1) is 10.7 Å². The first-order valence-corrected chi connectivity index (χ1v) is 8.15. The number of ether oxygens (including phenoxy) is 1. The molecular weight excluding hydrogens is 368 g/mol. The SMILES string of the molecule is Cc1nc(C)c(C(=O)OCC(=O)Nc2ccc(Br)cc2C)s1. The number of aryl methyl sites for hydroxylation is 3. The molecule has 0 aliphatic carbocycles. The number of hydrogen-bond acceptors (Lipinski definition) is 5. The van der Waals surface area contributed by atoms with Crippen LogP contribution in [0, 0.1) is 20.8 Å². The molecule has 0 spiro atoms. The van der Waals surface area contributed by atoms with Gasteiger partial charge in [-0.15, -0.1) is 11.3 Å². The molecule has 0 aliphatic rings. The number of esters is 1. The fraction of sp³-hybridized carbons (Fsp3) is 0.267. The highest BCUT2D eigenvalue weighted by atomic mass is 79.9. The average molecular weight is 383 g/mol. The molecule has 1 heterocycles. The van der Waals surface area contributed by atoms with Crippen molar-refractivity contribution in [3.8, 4) is 0 Å². The molecule has 0 fully saturated rings. The molecule has 5 nitrogen and oxygen atoms in total. The number of hydrogen-bond donors (Lipinski definition) is 1. The van der Waals surface area contributed by atoms with E-state index in [4.69, 9.17) is 4.74 Å². The topological polar surface area (TPSA) is 68.3 Å². The van der Waals surface area contributed by atoms with Crippen molar-refractivity contribution in [1.29, 1.82) is 0 Å². The Balaban J connectivity index is 1.92. The fourth-order valence-corrected chi connectivity index (χ4v) is 3.16. The highest BCUT2D eigenvalue weighted by molar-refractivity contribution is 9.10. The third-order valence-electron chi connectivity index (χ3n) is 2.89. The summed E-state index contributed by atoms with van der Waals surface area (Å²) in [5.41, 5.74) is 2.23. The molecule has 0 unspecified atom stereocenters. The predicted molar refractivity (Wildman–Crippen MR) is 89.4 cm³/mol. The van der Waals surface area contributed by atoms with Gasteiger partial charge in [-0.25, -0.2) is 9.78 Å². The maximum absolute atomic E-state index is 11.9. The summed E-state index contributed by atoms with van der Waals surface area (Å²) < 4.78 is 5.97. The van der Waals surface area contributed by atoms with Crippen LogP contribution in [0.15, 0.2) is 22.7 Å². The number of carbonyl (C=O) groups excluding carboxylic acids is 2. The predicted octanol–water partition coefficient (Wildman–Crippen LogP) is 3.63. The van der Waals surface area contributed by atoms with E-state index in [1.807, 2.05) is 26.0 Å². The number of nitrogens with one attached hydrogen (secondary N) is 1. The molecule has 1 N–H and O–H groups in total. The van der Waals surface area contributed by atoms with Crippen molar-refractivity contribution < 1.29 is 14.3 Å². The van der Waals surface area contributed by atoms with E-state index in [9.17, 15) is 9.59 Å². The average Bonchev–Trinajstić information content (AvgIpc) is 2.78. The molecule has 0 radical (unpaired) electrons. The van der Waals surface area contributed by atoms with Gasteiger partial charge in [0, 0.05) is 10.2 Å². The molecule has 22 heavy (non-hydrogen) atoms. The van der Waals surface area contributed by atoms with E-state index in [1.165, 1.54) is 11.3 Å². The second-order valence-corrected chi connectivity index (χ2v) is 6.85. The summed E-state index contributed by atoms with van der Waals surface area (Å²) in [6, 6.07) is 5.51. The maximum atomic E-state index is 11.9. The molecule has 1 aromatic heterocycles. The van der Waals surface area contributed by atoms with Gasteiger partial charge in [0.1, 0.15) is 4.88 Å². The third-order valence-corrected chi connectivity index (χ3v) is 4.43. The number of aromatic nitrogens is 1. The lowest BCUT2D eigenvalue weighted by Gasteiger charge is -2.09. The molecular formula is C15H15BrN2O3S. The lowest BCUT2D eigenvalue weighted by molar-refractivity contribution is -0.119. The van der Waals surface area contributed by atoms with Crippen LogP contribution in [0.3, 0.4) is 0 Å². The highest BCUT2D eigenvalue weighted by Crippen LogP contribution is 2.20. The first kappa shape index (κ1) is 16.6. The highest BCUT2D eigenvalue weighted by Gasteiger charge is 2.16. The van der Waals surface area contributed by atoms with E-state index in [2.05, 4.69) is 26.2 Å². The van der Waals surface area contributed by atoms with Crippen LogP contribution in [0.2, 0.25) is 0 Å². The van der Waals surface area contributed by atoms with Gasteiger partial charge in [0.2, 0.25) is 0 Å². The molecule has 0 bridgehead atoms. The van der Waals surface area contributed by atoms with Crippen molar-refractivity contribution in [2.45, 2.75) is 20.8 Å². The Morgan fingerprint density at radius 3 is 2.64 bits per heavy atom. The van der Waals surface area contributed by atoms with Gasteiger partial charge in [-0.2, -0.15) is 0 Å². The first-order valence-electron chi connectivity index (χ1n) is 6.54. The smallest absolute Gasteiger partial charge is 0.350 e. The quantitative estimate of drug-likeness (QED) is 0.819. The normalized spacial score (nSPS) is 10.4. The summed E-state index contributed by atoms with van der Waals surface area (Å²) in [5.74, 6) is -0.900. The van der Waals surface area contributed by atoms with Crippen molar-refractivity contribution in [3.63, 3.8) is 0 Å². The third kappa shape index (κ3) is 4.14. The number of carbonyl (C=O) groups is 2. The van der Waals surface area contributed by atoms with Gasteiger partial charge in [-0.1, -0.05) is 15.9 Å². The minimum Gasteiger partial charge on any atom is -0.451 e. The Labute approximate surface area is 140 Å². The van der Waals surface area contributed by atoms with Crippen molar-refractivity contribution in [3.05, 3.63) is 43.8 Å². The first-order chi connectivity index (χ1) is 10.4. The zero-order valence-electron chi connectivity index (χ0n) is 12.4. The lowest BCUT2D eigenvalue weighted by atomic mass is 10.2. The molecule has 0 saturated heterocycles. The molecule has 2 rings (SSSR count). The molecule has 0 saturated carbocycles. The minimum absolute atomic E-state index is 0.329. The number of amides is 1. The summed E-state index contributed by atoms with van der Waals surface area (Å²) >= 11 is 4.62. The second kappa shape index (κ2) is 7.02. The molecule has 7 heteroatoms. The number of halogens is 1. The van der Waals surface area contributed by atoms with Crippen LogP contribution in [0.25, 0.3) is 0 Å². The van der Waals surface area contributed by atoms with Crippen molar-refractivity contribution in [2.75, 3.05) is 11.9 Å². The van der Waals surface area contributed by atoms with Crippen molar-refractivity contribution in [1.82, 2.24) is 4.98 Å². The number of anilines is 1. The summed E-state index contributed by atoms with van der Waals surface area (Å²) in [6.07, 6.45) is 0. The molecule has 0 aliphatic heterocycles. The number of thiazole rings is 1. The van der Waals surface area contributed by atoms with E-state index in [-0.39, 0.29) is 12.5 Å². The Bertz CT molecular complexity index is 728. The Hall–Kier alpha value is -1.73. The van der Waals surface area contributed by atoms with Crippen LogP contribution in [-0.2, 0) is 9.53 Å². The van der Waals surface area contributed by atoms with E-state index in [0.29, 0.717) is 16.3 Å². The standard InChI is InChI=1S/C15H15BrN2O3S/c1-8-6-11(16)4-5-12(8)18-13(19)7-21-15(20)14-9(2)17-10(3)22-14/h4-6H,7H2,1-3H3,(H,18,19). The Morgan fingerprint density at radius 2 is 2.05 bits per heavy atom. The van der Waals surface area contributed by atoms with Crippen molar-refractivity contribution >= 4 is 44.8 Å². The van der Waals surface area contributed by atoms with Crippen LogP contribution in [0.5, 0.6) is 0 Å². The number of benzene rings is 1. The van der Waals surface area contributed by atoms with Gasteiger partial charge < -0.3 is 10.1 Å². The lowest BCUT2D eigenvalue weighted by Crippen LogP contribution is -2.21. The summed E-state index contributed by atoms with van der Waals surface area (Å²) in [4.78, 5) is 28.4. The summed E-state index contributed by atoms with van der Waals surface area (Å²) in [7, 11) is 0. The van der Waals surface area contributed by atoms with Gasteiger partial charge in [-0.05, 0) is 44.5 Å². The molecule has 116 valence electrons. The molecule has 0 atom stereocenters. The number of nitrogens with zero attached hydrogens (tertiary/aromatic N) is 1. The van der Waals surface area contributed by atoms with Crippen LogP contribution >= 0.6 is 27.3 Å². The van der Waals surface area contributed by atoms with Gasteiger partial charge >= 0.3 is 5.97 Å². The number of rotatable bonds is 4. The van der Waals surface area contributed by atoms with Crippen LogP contribution < -0.4 is 5.32 Å². The van der Waals surface area contributed by atoms with Crippen LogP contribution in [0.1, 0.15) is 25.9 Å². The molecule has 1 amide bonds. The monoisotopic (exact) mass is 382 g/mol. The molecule has 2 aromatic rings. The largest absolute Gasteiger partial charge is 0.451 e. The van der Waals surface area contributed by atoms with E-state index in [1.54, 1.807) is 13.0 Å². The van der Waals surface area contributed by atoms with Gasteiger partial charge in [0.15, 0.2) is 6.61 Å². The van der Waals surface area contributed by atoms with E-state index in [0.717, 1.165) is 15.0 Å².